The van der Waals surface area contributed by atoms with Crippen molar-refractivity contribution in [3.05, 3.63) is 66.0 Å². The van der Waals surface area contributed by atoms with E-state index in [2.05, 4.69) is 10.3 Å². The van der Waals surface area contributed by atoms with E-state index < -0.39 is 12.1 Å². The number of imidazole rings is 1. The van der Waals surface area contributed by atoms with Crippen molar-refractivity contribution in [1.82, 2.24) is 14.9 Å². The summed E-state index contributed by atoms with van der Waals surface area (Å²) in [5, 5.41) is 2.70. The van der Waals surface area contributed by atoms with E-state index in [4.69, 9.17) is 4.74 Å². The minimum absolute atomic E-state index is 0.174. The Hall–Kier alpha value is -3.15. The van der Waals surface area contributed by atoms with Gasteiger partial charge in [0.05, 0.1) is 29.5 Å². The third kappa shape index (κ3) is 3.85. The number of amides is 1. The molecule has 1 amide bonds. The molecule has 0 saturated carbocycles. The molecule has 128 valence electrons. The summed E-state index contributed by atoms with van der Waals surface area (Å²) in [7, 11) is 1.90. The zero-order valence-electron chi connectivity index (χ0n) is 14.1. The summed E-state index contributed by atoms with van der Waals surface area (Å²) in [6.07, 6.45) is 1.14. The molecule has 6 heteroatoms. The van der Waals surface area contributed by atoms with E-state index in [1.54, 1.807) is 18.5 Å². The molecule has 0 aliphatic rings. The van der Waals surface area contributed by atoms with Crippen LogP contribution >= 0.6 is 0 Å². The minimum atomic E-state index is -0.558. The molecule has 3 aromatic rings. The number of rotatable bonds is 5. The van der Waals surface area contributed by atoms with Crippen LogP contribution in [0, 0.1) is 0 Å². The van der Waals surface area contributed by atoms with E-state index in [9.17, 15) is 9.59 Å². The van der Waals surface area contributed by atoms with Gasteiger partial charge in [-0.05, 0) is 23.8 Å². The molecule has 0 aliphatic heterocycles. The highest BCUT2D eigenvalue weighted by molar-refractivity contribution is 5.93. The zero-order chi connectivity index (χ0) is 17.8. The van der Waals surface area contributed by atoms with Crippen LogP contribution in [0.25, 0.3) is 11.0 Å². The summed E-state index contributed by atoms with van der Waals surface area (Å²) in [6, 6.07) is 14.6. The second-order valence-electron chi connectivity index (χ2n) is 5.80. The Morgan fingerprint density at radius 1 is 1.20 bits per heavy atom. The summed E-state index contributed by atoms with van der Waals surface area (Å²) in [4.78, 5) is 28.0. The molecule has 2 aromatic carbocycles. The Balaban J connectivity index is 1.81. The van der Waals surface area contributed by atoms with Crippen LogP contribution in [0.5, 0.6) is 0 Å². The number of fused-ring (bicyclic) bond motifs is 1. The number of nitrogens with zero attached hydrogens (tertiary/aromatic N) is 2. The quantitative estimate of drug-likeness (QED) is 0.726. The van der Waals surface area contributed by atoms with Gasteiger partial charge in [-0.1, -0.05) is 30.3 Å². The Morgan fingerprint density at radius 3 is 2.68 bits per heavy atom. The normalized spacial score (nSPS) is 11.9. The van der Waals surface area contributed by atoms with Crippen molar-refractivity contribution < 1.29 is 14.3 Å². The zero-order valence-corrected chi connectivity index (χ0v) is 14.1. The monoisotopic (exact) mass is 337 g/mol. The molecule has 6 nitrogen and oxygen atoms in total. The van der Waals surface area contributed by atoms with Gasteiger partial charge in [0, 0.05) is 14.0 Å². The van der Waals surface area contributed by atoms with Crippen molar-refractivity contribution in [2.75, 3.05) is 6.54 Å². The van der Waals surface area contributed by atoms with E-state index in [0.717, 1.165) is 16.6 Å². The molecule has 0 spiro atoms. The summed E-state index contributed by atoms with van der Waals surface area (Å²) >= 11 is 0. The van der Waals surface area contributed by atoms with Crippen molar-refractivity contribution in [2.24, 2.45) is 7.05 Å². The lowest BCUT2D eigenvalue weighted by molar-refractivity contribution is -0.119. The van der Waals surface area contributed by atoms with E-state index in [0.29, 0.717) is 5.56 Å². The fourth-order valence-corrected chi connectivity index (χ4v) is 2.59. The predicted molar refractivity (Wildman–Crippen MR) is 94.0 cm³/mol. The summed E-state index contributed by atoms with van der Waals surface area (Å²) in [5.74, 6) is -0.626. The summed E-state index contributed by atoms with van der Waals surface area (Å²) in [6.45, 7) is 1.65. The Kier molecular flexibility index (Phi) is 4.79. The third-order valence-corrected chi connectivity index (χ3v) is 3.92. The predicted octanol–water partition coefficient (Wildman–Crippen LogP) is 2.61. The van der Waals surface area contributed by atoms with Crippen molar-refractivity contribution in [1.29, 1.82) is 0 Å². The molecular weight excluding hydrogens is 318 g/mol. The first kappa shape index (κ1) is 16.7. The Morgan fingerprint density at radius 2 is 1.96 bits per heavy atom. The van der Waals surface area contributed by atoms with Crippen LogP contribution in [0.1, 0.15) is 28.9 Å². The molecular formula is C19H19N3O3. The van der Waals surface area contributed by atoms with Crippen molar-refractivity contribution in [2.45, 2.75) is 13.0 Å². The fourth-order valence-electron chi connectivity index (χ4n) is 2.59. The third-order valence-electron chi connectivity index (χ3n) is 3.92. The smallest absolute Gasteiger partial charge is 0.338 e. The van der Waals surface area contributed by atoms with Crippen molar-refractivity contribution in [3.8, 4) is 0 Å². The largest absolute Gasteiger partial charge is 0.452 e. The lowest BCUT2D eigenvalue weighted by Gasteiger charge is -2.18. The van der Waals surface area contributed by atoms with Gasteiger partial charge in [-0.3, -0.25) is 4.79 Å². The average Bonchev–Trinajstić information content (AvgIpc) is 2.99. The van der Waals surface area contributed by atoms with E-state index >= 15 is 0 Å². The van der Waals surface area contributed by atoms with Gasteiger partial charge in [0.1, 0.15) is 6.10 Å². The topological polar surface area (TPSA) is 73.2 Å². The molecule has 25 heavy (non-hydrogen) atoms. The van der Waals surface area contributed by atoms with E-state index in [1.807, 2.05) is 48.0 Å². The fraction of sp³-hybridized carbons (Fsp3) is 0.211. The van der Waals surface area contributed by atoms with E-state index in [1.165, 1.54) is 6.92 Å². The number of hydrogen-bond donors (Lipinski definition) is 1. The maximum absolute atomic E-state index is 12.6. The van der Waals surface area contributed by atoms with Crippen molar-refractivity contribution >= 4 is 22.9 Å². The highest BCUT2D eigenvalue weighted by Crippen LogP contribution is 2.20. The number of aromatic nitrogens is 2. The van der Waals surface area contributed by atoms with Gasteiger partial charge < -0.3 is 14.6 Å². The van der Waals surface area contributed by atoms with Gasteiger partial charge in [0.15, 0.2) is 0 Å². The average molecular weight is 337 g/mol. The molecule has 0 saturated heterocycles. The molecule has 0 aliphatic carbocycles. The molecule has 0 fully saturated rings. The number of esters is 1. The number of carbonyl (C=O) groups is 2. The highest BCUT2D eigenvalue weighted by atomic mass is 16.5. The molecule has 0 bridgehead atoms. The minimum Gasteiger partial charge on any atom is -0.452 e. The maximum atomic E-state index is 12.6. The maximum Gasteiger partial charge on any atom is 0.338 e. The second kappa shape index (κ2) is 7.17. The SMILES string of the molecule is CC(=O)NCC(OC(=O)c1ccc2c(c1)ncn2C)c1ccccc1. The van der Waals surface area contributed by atoms with Gasteiger partial charge >= 0.3 is 5.97 Å². The van der Waals surface area contributed by atoms with Gasteiger partial charge in [0.2, 0.25) is 5.91 Å². The van der Waals surface area contributed by atoms with E-state index in [-0.39, 0.29) is 12.5 Å². The number of ether oxygens (including phenoxy) is 1. The van der Waals surface area contributed by atoms with Crippen LogP contribution < -0.4 is 5.32 Å². The second-order valence-corrected chi connectivity index (χ2v) is 5.80. The molecule has 1 aromatic heterocycles. The van der Waals surface area contributed by atoms with Gasteiger partial charge in [-0.25, -0.2) is 9.78 Å². The van der Waals surface area contributed by atoms with Crippen LogP contribution in [-0.4, -0.2) is 28.0 Å². The Bertz CT molecular complexity index is 903. The number of hydrogen-bond acceptors (Lipinski definition) is 4. The molecule has 1 heterocycles. The molecule has 1 N–H and O–H groups in total. The number of carbonyl (C=O) groups excluding carboxylic acids is 2. The van der Waals surface area contributed by atoms with Crippen LogP contribution in [0.4, 0.5) is 0 Å². The highest BCUT2D eigenvalue weighted by Gasteiger charge is 2.19. The molecule has 1 atom stereocenters. The van der Waals surface area contributed by atoms with Gasteiger partial charge in [0.25, 0.3) is 0 Å². The first-order valence-electron chi connectivity index (χ1n) is 7.96. The van der Waals surface area contributed by atoms with Crippen LogP contribution in [0.15, 0.2) is 54.9 Å². The van der Waals surface area contributed by atoms with Gasteiger partial charge in [-0.15, -0.1) is 0 Å². The van der Waals surface area contributed by atoms with Gasteiger partial charge in [-0.2, -0.15) is 0 Å². The molecule has 1 unspecified atom stereocenters. The van der Waals surface area contributed by atoms with Crippen LogP contribution in [0.2, 0.25) is 0 Å². The number of nitrogens with one attached hydrogen (secondary N) is 1. The standard InChI is InChI=1S/C19H19N3O3/c1-13(23)20-11-18(14-6-4-3-5-7-14)25-19(24)15-8-9-17-16(10-15)21-12-22(17)2/h3-10,12,18H,11H2,1-2H3,(H,20,23). The summed E-state index contributed by atoms with van der Waals surface area (Å²) in [5.41, 5.74) is 2.92. The summed E-state index contributed by atoms with van der Waals surface area (Å²) < 4.78 is 7.52. The number of aryl methyl sites for hydroxylation is 1. The number of benzene rings is 2. The first-order valence-corrected chi connectivity index (χ1v) is 7.96. The van der Waals surface area contributed by atoms with Crippen LogP contribution in [0.3, 0.4) is 0 Å². The van der Waals surface area contributed by atoms with Crippen molar-refractivity contribution in [3.63, 3.8) is 0 Å². The lowest BCUT2D eigenvalue weighted by Crippen LogP contribution is -2.28. The lowest BCUT2D eigenvalue weighted by atomic mass is 10.1. The molecule has 0 radical (unpaired) electrons. The Labute approximate surface area is 145 Å². The molecule has 3 rings (SSSR count). The van der Waals surface area contributed by atoms with Crippen LogP contribution in [-0.2, 0) is 16.6 Å². The first-order chi connectivity index (χ1) is 12.0.